The number of hydrogen-bond acceptors (Lipinski definition) is 3. The Balaban J connectivity index is 1.99. The van der Waals surface area contributed by atoms with Crippen LogP contribution in [0.2, 0.25) is 0 Å². The van der Waals surface area contributed by atoms with E-state index in [1.165, 1.54) is 18.2 Å². The molecule has 1 aromatic carbocycles. The Kier molecular flexibility index (Phi) is 3.64. The number of nitrogens with zero attached hydrogens (tertiary/aromatic N) is 1. The van der Waals surface area contributed by atoms with Gasteiger partial charge in [-0.15, -0.1) is 13.2 Å². The maximum atomic E-state index is 12.1. The quantitative estimate of drug-likeness (QED) is 0.897. The number of anilines is 1. The van der Waals surface area contributed by atoms with Crippen molar-refractivity contribution in [3.05, 3.63) is 42.0 Å². The SMILES string of the molecule is Cc1ncc(CNc2cccc(OC(F)(F)F)c2)[nH]1. The van der Waals surface area contributed by atoms with Gasteiger partial charge in [0.2, 0.25) is 0 Å². The van der Waals surface area contributed by atoms with Crippen LogP contribution in [0.25, 0.3) is 0 Å². The number of alkyl halides is 3. The van der Waals surface area contributed by atoms with Crippen molar-refractivity contribution in [2.45, 2.75) is 19.8 Å². The smallest absolute Gasteiger partial charge is 0.406 e. The minimum Gasteiger partial charge on any atom is -0.406 e. The third-order valence-electron chi connectivity index (χ3n) is 2.31. The highest BCUT2D eigenvalue weighted by atomic mass is 19.4. The van der Waals surface area contributed by atoms with Crippen molar-refractivity contribution in [2.75, 3.05) is 5.32 Å². The first-order chi connectivity index (χ1) is 8.92. The molecule has 0 aliphatic carbocycles. The maximum absolute atomic E-state index is 12.1. The first kappa shape index (κ1) is 13.3. The second-order valence-corrected chi connectivity index (χ2v) is 3.92. The van der Waals surface area contributed by atoms with E-state index in [1.807, 2.05) is 6.92 Å². The van der Waals surface area contributed by atoms with Crippen LogP contribution in [-0.2, 0) is 6.54 Å². The lowest BCUT2D eigenvalue weighted by Crippen LogP contribution is -2.17. The molecule has 102 valence electrons. The Labute approximate surface area is 107 Å². The molecule has 19 heavy (non-hydrogen) atoms. The largest absolute Gasteiger partial charge is 0.573 e. The second-order valence-electron chi connectivity index (χ2n) is 3.92. The highest BCUT2D eigenvalue weighted by Crippen LogP contribution is 2.25. The van der Waals surface area contributed by atoms with E-state index in [9.17, 15) is 13.2 Å². The van der Waals surface area contributed by atoms with Crippen LogP contribution in [-0.4, -0.2) is 16.3 Å². The number of benzene rings is 1. The molecule has 0 saturated heterocycles. The Morgan fingerprint density at radius 1 is 1.37 bits per heavy atom. The van der Waals surface area contributed by atoms with E-state index in [0.717, 1.165) is 11.5 Å². The lowest BCUT2D eigenvalue weighted by Gasteiger charge is -2.10. The molecular formula is C12H12F3N3O. The van der Waals surface area contributed by atoms with Gasteiger partial charge in [-0.3, -0.25) is 0 Å². The van der Waals surface area contributed by atoms with Gasteiger partial charge in [-0.05, 0) is 19.1 Å². The molecule has 0 atom stereocenters. The van der Waals surface area contributed by atoms with Crippen LogP contribution in [0.15, 0.2) is 30.5 Å². The first-order valence-corrected chi connectivity index (χ1v) is 5.52. The van der Waals surface area contributed by atoms with Gasteiger partial charge in [0.15, 0.2) is 0 Å². The third kappa shape index (κ3) is 4.20. The fourth-order valence-corrected chi connectivity index (χ4v) is 1.56. The summed E-state index contributed by atoms with van der Waals surface area (Å²) < 4.78 is 40.1. The fourth-order valence-electron chi connectivity index (χ4n) is 1.56. The third-order valence-corrected chi connectivity index (χ3v) is 2.31. The summed E-state index contributed by atoms with van der Waals surface area (Å²) in [5, 5.41) is 2.98. The molecule has 0 fully saturated rings. The standard InChI is InChI=1S/C12H12F3N3O/c1-8-16-6-10(18-8)7-17-9-3-2-4-11(5-9)19-12(13,14)15/h2-6,17H,7H2,1H3,(H,16,18). The van der Waals surface area contributed by atoms with Crippen molar-refractivity contribution >= 4 is 5.69 Å². The zero-order valence-corrected chi connectivity index (χ0v) is 10.1. The van der Waals surface area contributed by atoms with Crippen molar-refractivity contribution in [2.24, 2.45) is 0 Å². The highest BCUT2D eigenvalue weighted by molar-refractivity contribution is 5.48. The van der Waals surface area contributed by atoms with Gasteiger partial charge in [0, 0.05) is 11.8 Å². The molecule has 2 N–H and O–H groups in total. The first-order valence-electron chi connectivity index (χ1n) is 5.52. The number of H-pyrrole nitrogens is 1. The van der Waals surface area contributed by atoms with Crippen LogP contribution < -0.4 is 10.1 Å². The number of rotatable bonds is 4. The zero-order valence-electron chi connectivity index (χ0n) is 10.1. The van der Waals surface area contributed by atoms with Crippen molar-refractivity contribution < 1.29 is 17.9 Å². The normalized spacial score (nSPS) is 11.4. The molecule has 2 rings (SSSR count). The summed E-state index contributed by atoms with van der Waals surface area (Å²) in [6.45, 7) is 2.26. The Morgan fingerprint density at radius 2 is 2.16 bits per heavy atom. The topological polar surface area (TPSA) is 49.9 Å². The molecule has 0 saturated carbocycles. The van der Waals surface area contributed by atoms with Gasteiger partial charge in [0.25, 0.3) is 0 Å². The van der Waals surface area contributed by atoms with Gasteiger partial charge in [-0.25, -0.2) is 4.98 Å². The van der Waals surface area contributed by atoms with Gasteiger partial charge in [0.1, 0.15) is 11.6 Å². The molecule has 7 heteroatoms. The van der Waals surface area contributed by atoms with E-state index in [0.29, 0.717) is 12.2 Å². The summed E-state index contributed by atoms with van der Waals surface area (Å²) in [5.74, 6) is 0.532. The van der Waals surface area contributed by atoms with E-state index in [-0.39, 0.29) is 5.75 Å². The highest BCUT2D eigenvalue weighted by Gasteiger charge is 2.31. The van der Waals surface area contributed by atoms with Crippen LogP contribution in [0.3, 0.4) is 0 Å². The van der Waals surface area contributed by atoms with E-state index >= 15 is 0 Å². The zero-order chi connectivity index (χ0) is 13.9. The van der Waals surface area contributed by atoms with E-state index in [4.69, 9.17) is 0 Å². The predicted molar refractivity (Wildman–Crippen MR) is 63.8 cm³/mol. The molecule has 0 unspecified atom stereocenters. The number of halogens is 3. The number of aromatic nitrogens is 2. The molecule has 4 nitrogen and oxygen atoms in total. The summed E-state index contributed by atoms with van der Waals surface area (Å²) >= 11 is 0. The maximum Gasteiger partial charge on any atom is 0.573 e. The van der Waals surface area contributed by atoms with Crippen molar-refractivity contribution in [1.82, 2.24) is 9.97 Å². The number of nitrogens with one attached hydrogen (secondary N) is 2. The molecule has 0 aliphatic heterocycles. The van der Waals surface area contributed by atoms with Crippen molar-refractivity contribution in [1.29, 1.82) is 0 Å². The van der Waals surface area contributed by atoms with Gasteiger partial charge in [-0.2, -0.15) is 0 Å². The molecule has 0 spiro atoms. The van der Waals surface area contributed by atoms with Crippen LogP contribution in [0.4, 0.5) is 18.9 Å². The minimum atomic E-state index is -4.68. The summed E-state index contributed by atoms with van der Waals surface area (Å²) in [7, 11) is 0. The van der Waals surface area contributed by atoms with E-state index in [1.54, 1.807) is 12.3 Å². The molecule has 0 radical (unpaired) electrons. The van der Waals surface area contributed by atoms with E-state index in [2.05, 4.69) is 20.0 Å². The lowest BCUT2D eigenvalue weighted by atomic mass is 10.3. The number of imidazole rings is 1. The van der Waals surface area contributed by atoms with Gasteiger partial charge in [0.05, 0.1) is 18.4 Å². The minimum absolute atomic E-state index is 0.252. The molecule has 1 heterocycles. The Hall–Kier alpha value is -2.18. The molecule has 2 aromatic rings. The number of ether oxygens (including phenoxy) is 1. The average Bonchev–Trinajstić information content (AvgIpc) is 2.71. The van der Waals surface area contributed by atoms with Crippen LogP contribution in [0.1, 0.15) is 11.5 Å². The number of hydrogen-bond donors (Lipinski definition) is 2. The molecular weight excluding hydrogens is 259 g/mol. The van der Waals surface area contributed by atoms with Gasteiger partial charge < -0.3 is 15.0 Å². The van der Waals surface area contributed by atoms with Crippen LogP contribution >= 0.6 is 0 Å². The Bertz CT molecular complexity index is 551. The summed E-state index contributed by atoms with van der Waals surface area (Å²) in [6, 6.07) is 5.68. The fraction of sp³-hybridized carbons (Fsp3) is 0.250. The van der Waals surface area contributed by atoms with Crippen molar-refractivity contribution in [3.8, 4) is 5.75 Å². The summed E-state index contributed by atoms with van der Waals surface area (Å²) in [5.41, 5.74) is 1.38. The van der Waals surface area contributed by atoms with Gasteiger partial charge in [-0.1, -0.05) is 6.07 Å². The number of aryl methyl sites for hydroxylation is 1. The average molecular weight is 271 g/mol. The van der Waals surface area contributed by atoms with E-state index < -0.39 is 6.36 Å². The monoisotopic (exact) mass is 271 g/mol. The number of aromatic amines is 1. The molecule has 1 aromatic heterocycles. The van der Waals surface area contributed by atoms with Crippen molar-refractivity contribution in [3.63, 3.8) is 0 Å². The van der Waals surface area contributed by atoms with Crippen LogP contribution in [0, 0.1) is 6.92 Å². The van der Waals surface area contributed by atoms with Gasteiger partial charge >= 0.3 is 6.36 Å². The Morgan fingerprint density at radius 3 is 2.79 bits per heavy atom. The summed E-state index contributed by atoms with van der Waals surface area (Å²) in [6.07, 6.45) is -3.02. The predicted octanol–water partition coefficient (Wildman–Crippen LogP) is 3.23. The second kappa shape index (κ2) is 5.21. The van der Waals surface area contributed by atoms with Crippen LogP contribution in [0.5, 0.6) is 5.75 Å². The summed E-state index contributed by atoms with van der Waals surface area (Å²) in [4.78, 5) is 7.04. The molecule has 0 aliphatic rings. The molecule has 0 bridgehead atoms. The molecule has 0 amide bonds. The lowest BCUT2D eigenvalue weighted by molar-refractivity contribution is -0.274.